The molecule has 5 rings (SSSR count). The van der Waals surface area contributed by atoms with E-state index in [-0.39, 0.29) is 18.3 Å². The number of pyridine rings is 1. The maximum absolute atomic E-state index is 13.1. The number of rotatable bonds is 9. The van der Waals surface area contributed by atoms with Gasteiger partial charge in [-0.1, -0.05) is 10.3 Å². The first-order chi connectivity index (χ1) is 19.0. The molecule has 2 aliphatic rings. The molecule has 0 radical (unpaired) electrons. The SMILES string of the molecule is CC(C)(O/N=C(\C(=O)NC1C(=O)N2C(C(=O)O)=C(C[n+]3ccc4ccsc4c3)CS[C@H]12)c1noc(N)n1)C(=O)O. The minimum absolute atomic E-state index is 0.135. The third-order valence-electron chi connectivity index (χ3n) is 6.11. The van der Waals surface area contributed by atoms with Crippen molar-refractivity contribution in [1.82, 2.24) is 20.4 Å². The molecular weight excluding hydrogens is 566 g/mol. The number of amides is 2. The highest BCUT2D eigenvalue weighted by atomic mass is 32.2. The van der Waals surface area contributed by atoms with Crippen molar-refractivity contribution in [3.05, 3.63) is 47.0 Å². The zero-order valence-electron chi connectivity index (χ0n) is 20.9. The van der Waals surface area contributed by atoms with Gasteiger partial charge in [-0.05, 0) is 25.3 Å². The number of thiophene rings is 1. The van der Waals surface area contributed by atoms with Crippen LogP contribution in [0.15, 0.2) is 50.9 Å². The van der Waals surface area contributed by atoms with Crippen LogP contribution >= 0.6 is 23.1 Å². The van der Waals surface area contributed by atoms with Gasteiger partial charge in [-0.25, -0.2) is 9.59 Å². The molecule has 0 aromatic carbocycles. The van der Waals surface area contributed by atoms with Gasteiger partial charge in [0.1, 0.15) is 17.1 Å². The maximum Gasteiger partial charge on any atom is 0.352 e. The summed E-state index contributed by atoms with van der Waals surface area (Å²) in [6.45, 7) is 2.68. The second-order valence-electron chi connectivity index (χ2n) is 9.28. The number of nitrogens with two attached hydrogens (primary N) is 1. The number of carbonyl (C=O) groups excluding carboxylic acids is 2. The van der Waals surface area contributed by atoms with Gasteiger partial charge >= 0.3 is 18.0 Å². The summed E-state index contributed by atoms with van der Waals surface area (Å²) in [5.41, 5.74) is 3.45. The molecule has 15 nitrogen and oxygen atoms in total. The van der Waals surface area contributed by atoms with E-state index in [9.17, 15) is 29.4 Å². The van der Waals surface area contributed by atoms with E-state index >= 15 is 0 Å². The van der Waals surface area contributed by atoms with Gasteiger partial charge in [0, 0.05) is 22.8 Å². The highest BCUT2D eigenvalue weighted by molar-refractivity contribution is 8.00. The van der Waals surface area contributed by atoms with Gasteiger partial charge in [0.05, 0.1) is 4.70 Å². The quantitative estimate of drug-likeness (QED) is 0.114. The predicted molar refractivity (Wildman–Crippen MR) is 140 cm³/mol. The fourth-order valence-corrected chi connectivity index (χ4v) is 6.16. The third-order valence-corrected chi connectivity index (χ3v) is 8.32. The number of oxime groups is 1. The topological polar surface area (TPSA) is 214 Å². The van der Waals surface area contributed by atoms with Gasteiger partial charge in [0.25, 0.3) is 11.8 Å². The molecule has 1 saturated heterocycles. The van der Waals surface area contributed by atoms with E-state index < -0.39 is 52.3 Å². The molecule has 1 fully saturated rings. The van der Waals surface area contributed by atoms with E-state index in [0.717, 1.165) is 15.0 Å². The molecule has 0 bridgehead atoms. The lowest BCUT2D eigenvalue weighted by atomic mass is 10.0. The Morgan fingerprint density at radius 3 is 2.80 bits per heavy atom. The van der Waals surface area contributed by atoms with Crippen molar-refractivity contribution in [2.24, 2.45) is 5.16 Å². The Morgan fingerprint density at radius 2 is 2.12 bits per heavy atom. The molecule has 2 atom stereocenters. The highest BCUT2D eigenvalue weighted by Gasteiger charge is 2.55. The summed E-state index contributed by atoms with van der Waals surface area (Å²) in [6, 6.07) is 2.43. The Labute approximate surface area is 233 Å². The van der Waals surface area contributed by atoms with Crippen LogP contribution in [0.25, 0.3) is 10.1 Å². The third kappa shape index (κ3) is 4.95. The average Bonchev–Trinajstić information content (AvgIpc) is 3.55. The normalized spacial score (nSPS) is 19.3. The number of carboxylic acids is 2. The summed E-state index contributed by atoms with van der Waals surface area (Å²) < 4.78 is 7.58. The number of hydrogen-bond donors (Lipinski definition) is 4. The Hall–Kier alpha value is -4.51. The van der Waals surface area contributed by atoms with Crippen LogP contribution in [0.5, 0.6) is 0 Å². The van der Waals surface area contributed by atoms with Crippen LogP contribution < -0.4 is 15.6 Å². The first-order valence-electron chi connectivity index (χ1n) is 11.6. The largest absolute Gasteiger partial charge is 0.478 e. The van der Waals surface area contributed by atoms with Crippen LogP contribution in [0.4, 0.5) is 6.01 Å². The molecule has 208 valence electrons. The van der Waals surface area contributed by atoms with Crippen LogP contribution in [0, 0.1) is 0 Å². The predicted octanol–water partition coefficient (Wildman–Crippen LogP) is 0.177. The zero-order valence-corrected chi connectivity index (χ0v) is 22.6. The number of aromatic nitrogens is 3. The molecule has 5 heterocycles. The fourth-order valence-electron chi connectivity index (χ4n) is 3.99. The fraction of sp³-hybridized carbons (Fsp3) is 0.304. The molecule has 2 aliphatic heterocycles. The van der Waals surface area contributed by atoms with Crippen LogP contribution in [-0.2, 0) is 30.6 Å². The second kappa shape index (κ2) is 10.2. The molecule has 17 heteroatoms. The first kappa shape index (κ1) is 27.1. The van der Waals surface area contributed by atoms with Crippen molar-refractivity contribution in [1.29, 1.82) is 0 Å². The number of carboxylic acid groups (broad SMARTS) is 2. The number of anilines is 1. The summed E-state index contributed by atoms with van der Waals surface area (Å²) in [5.74, 6) is -4.33. The van der Waals surface area contributed by atoms with Crippen LogP contribution in [0.1, 0.15) is 19.7 Å². The van der Waals surface area contributed by atoms with Gasteiger partial charge in [0.15, 0.2) is 18.9 Å². The van der Waals surface area contributed by atoms with E-state index in [1.807, 2.05) is 34.5 Å². The molecule has 3 aromatic rings. The average molecular weight is 589 g/mol. The Morgan fingerprint density at radius 1 is 1.35 bits per heavy atom. The second-order valence-corrected chi connectivity index (χ2v) is 11.3. The number of nitrogen functional groups attached to an aromatic ring is 1. The summed E-state index contributed by atoms with van der Waals surface area (Å²) in [5, 5.41) is 31.2. The van der Waals surface area contributed by atoms with E-state index in [0.29, 0.717) is 11.3 Å². The molecule has 0 aliphatic carbocycles. The lowest BCUT2D eigenvalue weighted by Gasteiger charge is -2.49. The monoisotopic (exact) mass is 588 g/mol. The highest BCUT2D eigenvalue weighted by Crippen LogP contribution is 2.40. The lowest BCUT2D eigenvalue weighted by molar-refractivity contribution is -0.687. The molecule has 1 unspecified atom stereocenters. The van der Waals surface area contributed by atoms with Crippen LogP contribution in [0.3, 0.4) is 0 Å². The first-order valence-corrected chi connectivity index (χ1v) is 13.6. The van der Waals surface area contributed by atoms with Crippen molar-refractivity contribution in [2.45, 2.75) is 37.4 Å². The number of fused-ring (bicyclic) bond motifs is 2. The molecule has 0 spiro atoms. The summed E-state index contributed by atoms with van der Waals surface area (Å²) >= 11 is 2.86. The summed E-state index contributed by atoms with van der Waals surface area (Å²) in [6.07, 6.45) is 3.77. The van der Waals surface area contributed by atoms with E-state index in [2.05, 4.69) is 25.1 Å². The van der Waals surface area contributed by atoms with E-state index in [1.165, 1.54) is 25.6 Å². The number of nitrogens with one attached hydrogen (secondary N) is 1. The number of aliphatic carboxylic acids is 2. The van der Waals surface area contributed by atoms with Crippen LogP contribution in [-0.4, -0.2) is 77.5 Å². The summed E-state index contributed by atoms with van der Waals surface area (Å²) in [7, 11) is 0. The van der Waals surface area contributed by atoms with Gasteiger partial charge in [-0.15, -0.1) is 23.1 Å². The number of carbonyl (C=O) groups is 4. The smallest absolute Gasteiger partial charge is 0.352 e. The number of thioether (sulfide) groups is 1. The summed E-state index contributed by atoms with van der Waals surface area (Å²) in [4.78, 5) is 59.8. The van der Waals surface area contributed by atoms with Gasteiger partial charge < -0.3 is 30.6 Å². The van der Waals surface area contributed by atoms with E-state index in [4.69, 9.17) is 10.6 Å². The molecule has 40 heavy (non-hydrogen) atoms. The molecule has 2 amide bonds. The number of nitrogens with zero attached hydrogens (tertiary/aromatic N) is 5. The Balaban J connectivity index is 1.36. The Kier molecular flexibility index (Phi) is 6.92. The minimum atomic E-state index is -1.81. The molecular formula is C23H22N7O8S2+. The standard InChI is InChI=1S/C23H21N7O8S2/c1-23(2,21(35)36)38-27-13(16-26-22(24)37-28-16)17(31)25-14-18(32)30-15(20(33)34)11(9-40-19(14)30)7-29-5-3-10-4-6-39-12(10)8-29/h3-6,8,14,19H,7,9H2,1-2H3,(H4-,24,25,26,28,31,33,34,35,36)/p+1/b27-13-/t14?,19-/m1/s1. The Bertz CT molecular complexity index is 1610. The van der Waals surface area contributed by atoms with Gasteiger partial charge in [-0.3, -0.25) is 14.5 Å². The van der Waals surface area contributed by atoms with Crippen molar-refractivity contribution in [3.63, 3.8) is 0 Å². The molecule has 3 aromatic heterocycles. The van der Waals surface area contributed by atoms with Crippen molar-refractivity contribution >= 4 is 68.7 Å². The maximum atomic E-state index is 13.1. The van der Waals surface area contributed by atoms with Gasteiger partial charge in [-0.2, -0.15) is 9.55 Å². The lowest BCUT2D eigenvalue weighted by Crippen LogP contribution is -2.71. The van der Waals surface area contributed by atoms with Crippen LogP contribution in [0.2, 0.25) is 0 Å². The van der Waals surface area contributed by atoms with Crippen molar-refractivity contribution < 1.29 is 43.3 Å². The van der Waals surface area contributed by atoms with Crippen molar-refractivity contribution in [3.8, 4) is 0 Å². The zero-order chi connectivity index (χ0) is 28.8. The van der Waals surface area contributed by atoms with Crippen molar-refractivity contribution in [2.75, 3.05) is 11.5 Å². The minimum Gasteiger partial charge on any atom is -0.478 e. The van der Waals surface area contributed by atoms with E-state index in [1.54, 1.807) is 11.3 Å². The number of β-lactam (4-membered cyclic amide) rings is 1. The number of hydrogen-bond acceptors (Lipinski definition) is 12. The van der Waals surface area contributed by atoms with Gasteiger partial charge in [0.2, 0.25) is 17.1 Å². The molecule has 5 N–H and O–H groups in total. The molecule has 0 saturated carbocycles.